The summed E-state index contributed by atoms with van der Waals surface area (Å²) >= 11 is 0. The Morgan fingerprint density at radius 1 is 1.33 bits per heavy atom. The van der Waals surface area contributed by atoms with E-state index in [1.54, 1.807) is 12.1 Å². The summed E-state index contributed by atoms with van der Waals surface area (Å²) in [5.41, 5.74) is 1.42. The van der Waals surface area contributed by atoms with Crippen molar-refractivity contribution in [2.45, 2.75) is 6.61 Å². The van der Waals surface area contributed by atoms with Crippen LogP contribution in [0.3, 0.4) is 0 Å². The largest absolute Gasteiger partial charge is 0.508 e. The second kappa shape index (κ2) is 3.45. The van der Waals surface area contributed by atoms with E-state index < -0.39 is 0 Å². The zero-order valence-electron chi connectivity index (χ0n) is 7.28. The van der Waals surface area contributed by atoms with Crippen molar-refractivity contribution in [3.63, 3.8) is 0 Å². The Labute approximate surface area is 71.9 Å². The van der Waals surface area contributed by atoms with Gasteiger partial charge in [0.25, 0.3) is 0 Å². The SMILES string of the molecule is CN(C)c1cccc(O)c1CO. The Morgan fingerprint density at radius 3 is 2.42 bits per heavy atom. The molecule has 0 saturated heterocycles. The van der Waals surface area contributed by atoms with Crippen LogP contribution >= 0.6 is 0 Å². The van der Waals surface area contributed by atoms with Crippen molar-refractivity contribution in [2.75, 3.05) is 19.0 Å². The van der Waals surface area contributed by atoms with E-state index in [4.69, 9.17) is 5.11 Å². The predicted molar refractivity (Wildman–Crippen MR) is 48.4 cm³/mol. The van der Waals surface area contributed by atoms with Crippen LogP contribution in [0.4, 0.5) is 5.69 Å². The highest BCUT2D eigenvalue weighted by Gasteiger charge is 2.06. The summed E-state index contributed by atoms with van der Waals surface area (Å²) in [6, 6.07) is 5.17. The average molecular weight is 167 g/mol. The molecule has 0 atom stereocenters. The van der Waals surface area contributed by atoms with Gasteiger partial charge in [0.1, 0.15) is 5.75 Å². The van der Waals surface area contributed by atoms with Gasteiger partial charge in [-0.25, -0.2) is 0 Å². The van der Waals surface area contributed by atoms with Crippen molar-refractivity contribution in [3.8, 4) is 5.75 Å². The lowest BCUT2D eigenvalue weighted by molar-refractivity contribution is 0.276. The van der Waals surface area contributed by atoms with Crippen LogP contribution in [-0.2, 0) is 6.61 Å². The van der Waals surface area contributed by atoms with E-state index in [1.807, 2.05) is 25.1 Å². The molecule has 0 spiro atoms. The first-order chi connectivity index (χ1) is 5.66. The third kappa shape index (κ3) is 1.51. The number of phenols is 1. The maximum Gasteiger partial charge on any atom is 0.123 e. The van der Waals surface area contributed by atoms with Crippen LogP contribution < -0.4 is 4.90 Å². The number of anilines is 1. The number of aliphatic hydroxyl groups excluding tert-OH is 1. The first kappa shape index (κ1) is 8.87. The fourth-order valence-electron chi connectivity index (χ4n) is 1.14. The average Bonchev–Trinajstić information content (AvgIpc) is 2.03. The van der Waals surface area contributed by atoms with Crippen molar-refractivity contribution in [1.29, 1.82) is 0 Å². The van der Waals surface area contributed by atoms with Crippen LogP contribution in [0.25, 0.3) is 0 Å². The molecule has 3 heteroatoms. The lowest BCUT2D eigenvalue weighted by Crippen LogP contribution is -2.11. The van der Waals surface area contributed by atoms with Gasteiger partial charge in [0.2, 0.25) is 0 Å². The first-order valence-corrected chi connectivity index (χ1v) is 3.76. The number of benzene rings is 1. The second-order valence-electron chi connectivity index (χ2n) is 2.83. The highest BCUT2D eigenvalue weighted by molar-refractivity contribution is 5.57. The van der Waals surface area contributed by atoms with E-state index in [1.165, 1.54) is 0 Å². The molecule has 0 aromatic heterocycles. The smallest absolute Gasteiger partial charge is 0.123 e. The lowest BCUT2D eigenvalue weighted by atomic mass is 10.1. The monoisotopic (exact) mass is 167 g/mol. The van der Waals surface area contributed by atoms with Crippen LogP contribution in [-0.4, -0.2) is 24.3 Å². The molecule has 0 heterocycles. The summed E-state index contributed by atoms with van der Waals surface area (Å²) in [4.78, 5) is 1.85. The molecule has 0 unspecified atom stereocenters. The minimum atomic E-state index is -0.139. The topological polar surface area (TPSA) is 43.7 Å². The van der Waals surface area contributed by atoms with Gasteiger partial charge in [-0.2, -0.15) is 0 Å². The molecule has 0 aliphatic heterocycles. The van der Waals surface area contributed by atoms with Crippen LogP contribution in [0.1, 0.15) is 5.56 Å². The zero-order valence-corrected chi connectivity index (χ0v) is 7.28. The molecule has 0 amide bonds. The Morgan fingerprint density at radius 2 is 2.00 bits per heavy atom. The molecule has 0 aliphatic carbocycles. The predicted octanol–water partition coefficient (Wildman–Crippen LogP) is 0.950. The normalized spacial score (nSPS) is 9.92. The van der Waals surface area contributed by atoms with Crippen molar-refractivity contribution in [1.82, 2.24) is 0 Å². The minimum absolute atomic E-state index is 0.139. The maximum absolute atomic E-state index is 9.35. The molecule has 0 aliphatic rings. The molecule has 1 aromatic carbocycles. The van der Waals surface area contributed by atoms with Crippen LogP contribution in [0, 0.1) is 0 Å². The molecule has 1 rings (SSSR count). The van der Waals surface area contributed by atoms with Gasteiger partial charge >= 0.3 is 0 Å². The Kier molecular flexibility index (Phi) is 2.55. The number of hydrogen-bond donors (Lipinski definition) is 2. The molecule has 3 nitrogen and oxygen atoms in total. The molecule has 2 N–H and O–H groups in total. The number of hydrogen-bond acceptors (Lipinski definition) is 3. The molecular weight excluding hydrogens is 154 g/mol. The van der Waals surface area contributed by atoms with Gasteiger partial charge in [0, 0.05) is 25.3 Å². The molecular formula is C9H13NO2. The summed E-state index contributed by atoms with van der Waals surface area (Å²) in [6.07, 6.45) is 0. The van der Waals surface area contributed by atoms with Gasteiger partial charge in [-0.3, -0.25) is 0 Å². The highest BCUT2D eigenvalue weighted by Crippen LogP contribution is 2.26. The van der Waals surface area contributed by atoms with E-state index in [0.29, 0.717) is 5.56 Å². The number of rotatable bonds is 2. The standard InChI is InChI=1S/C9H13NO2/c1-10(2)8-4-3-5-9(12)7(8)6-11/h3-5,11-12H,6H2,1-2H3. The van der Waals surface area contributed by atoms with Crippen LogP contribution in [0.15, 0.2) is 18.2 Å². The molecule has 12 heavy (non-hydrogen) atoms. The van der Waals surface area contributed by atoms with Crippen LogP contribution in [0.5, 0.6) is 5.75 Å². The minimum Gasteiger partial charge on any atom is -0.508 e. The molecule has 66 valence electrons. The van der Waals surface area contributed by atoms with Gasteiger partial charge in [0.15, 0.2) is 0 Å². The molecule has 0 saturated carbocycles. The van der Waals surface area contributed by atoms with E-state index in [9.17, 15) is 5.11 Å². The second-order valence-corrected chi connectivity index (χ2v) is 2.83. The lowest BCUT2D eigenvalue weighted by Gasteiger charge is -2.16. The van der Waals surface area contributed by atoms with Crippen LogP contribution in [0.2, 0.25) is 0 Å². The Bertz CT molecular complexity index is 271. The van der Waals surface area contributed by atoms with Crippen molar-refractivity contribution < 1.29 is 10.2 Å². The molecule has 0 fully saturated rings. The van der Waals surface area contributed by atoms with Gasteiger partial charge < -0.3 is 15.1 Å². The number of aliphatic hydroxyl groups is 1. The van der Waals surface area contributed by atoms with Gasteiger partial charge in [-0.15, -0.1) is 0 Å². The van der Waals surface area contributed by atoms with Gasteiger partial charge in [-0.05, 0) is 12.1 Å². The summed E-state index contributed by atoms with van der Waals surface area (Å²) in [7, 11) is 3.74. The fraction of sp³-hybridized carbons (Fsp3) is 0.333. The highest BCUT2D eigenvalue weighted by atomic mass is 16.3. The van der Waals surface area contributed by atoms with E-state index in [2.05, 4.69) is 0 Å². The van der Waals surface area contributed by atoms with Crippen molar-refractivity contribution >= 4 is 5.69 Å². The molecule has 0 radical (unpaired) electrons. The summed E-state index contributed by atoms with van der Waals surface area (Å²) in [5.74, 6) is 0.142. The molecule has 0 bridgehead atoms. The van der Waals surface area contributed by atoms with E-state index in [0.717, 1.165) is 5.69 Å². The van der Waals surface area contributed by atoms with E-state index >= 15 is 0 Å². The Balaban J connectivity index is 3.18. The summed E-state index contributed by atoms with van der Waals surface area (Å²) in [5, 5.41) is 18.3. The summed E-state index contributed by atoms with van der Waals surface area (Å²) in [6.45, 7) is -0.139. The fourth-order valence-corrected chi connectivity index (χ4v) is 1.14. The number of aromatic hydroxyl groups is 1. The number of nitrogens with zero attached hydrogens (tertiary/aromatic N) is 1. The third-order valence-electron chi connectivity index (χ3n) is 1.77. The quantitative estimate of drug-likeness (QED) is 0.689. The zero-order chi connectivity index (χ0) is 9.14. The Hall–Kier alpha value is -1.22. The van der Waals surface area contributed by atoms with E-state index in [-0.39, 0.29) is 12.4 Å². The maximum atomic E-state index is 9.35. The van der Waals surface area contributed by atoms with Crippen molar-refractivity contribution in [3.05, 3.63) is 23.8 Å². The first-order valence-electron chi connectivity index (χ1n) is 3.76. The molecule has 1 aromatic rings. The van der Waals surface area contributed by atoms with Gasteiger partial charge in [0.05, 0.1) is 6.61 Å². The van der Waals surface area contributed by atoms with Gasteiger partial charge in [-0.1, -0.05) is 6.07 Å². The third-order valence-corrected chi connectivity index (χ3v) is 1.77. The van der Waals surface area contributed by atoms with Crippen molar-refractivity contribution in [2.24, 2.45) is 0 Å². The summed E-state index contributed by atoms with van der Waals surface area (Å²) < 4.78 is 0.